The lowest BCUT2D eigenvalue weighted by Crippen LogP contribution is -2.25. The van der Waals surface area contributed by atoms with E-state index in [-0.39, 0.29) is 5.91 Å². The number of nitrogens with zero attached hydrogens (tertiary/aromatic N) is 1. The summed E-state index contributed by atoms with van der Waals surface area (Å²) >= 11 is 0. The quantitative estimate of drug-likeness (QED) is 0.704. The van der Waals surface area contributed by atoms with Crippen LogP contribution in [0.15, 0.2) is 30.5 Å². The summed E-state index contributed by atoms with van der Waals surface area (Å²) in [4.78, 5) is 15.8. The van der Waals surface area contributed by atoms with Crippen molar-refractivity contribution in [1.82, 2.24) is 10.3 Å². The number of nitrogens with one attached hydrogen (secondary N) is 2. The molecule has 0 aliphatic rings. The average molecular weight is 272 g/mol. The van der Waals surface area contributed by atoms with Crippen molar-refractivity contribution in [3.63, 3.8) is 0 Å². The van der Waals surface area contributed by atoms with Gasteiger partial charge >= 0.3 is 0 Å². The maximum Gasteiger partial charge on any atom is 0.221 e. The minimum absolute atomic E-state index is 0.0559. The smallest absolute Gasteiger partial charge is 0.221 e. The fourth-order valence-corrected chi connectivity index (χ4v) is 1.99. The molecule has 0 fully saturated rings. The highest BCUT2D eigenvalue weighted by molar-refractivity contribution is 5.96. The lowest BCUT2D eigenvalue weighted by molar-refractivity contribution is -0.120. The van der Waals surface area contributed by atoms with Crippen LogP contribution in [-0.4, -0.2) is 24.0 Å². The van der Waals surface area contributed by atoms with Crippen LogP contribution in [0.25, 0.3) is 10.9 Å². The number of anilines is 2. The maximum absolute atomic E-state index is 11.5. The van der Waals surface area contributed by atoms with Gasteiger partial charge in [0.05, 0.1) is 16.9 Å². The fraction of sp³-hybridized carbons (Fsp3) is 0.333. The standard InChI is InChI=1S/C15H20N4O/c1-2-8-19-14(20)7-10-18-13-6-5-12-11(15(13)16)4-3-9-17-12/h3-6,9,18H,2,7-8,10,16H2,1H3,(H,19,20). The molecule has 0 aliphatic heterocycles. The number of benzene rings is 1. The van der Waals surface area contributed by atoms with Gasteiger partial charge in [0.25, 0.3) is 0 Å². The number of carbonyl (C=O) groups excluding carboxylic acids is 1. The van der Waals surface area contributed by atoms with E-state index in [2.05, 4.69) is 15.6 Å². The van der Waals surface area contributed by atoms with Gasteiger partial charge in [-0.1, -0.05) is 6.92 Å². The third kappa shape index (κ3) is 3.38. The molecule has 1 aromatic heterocycles. The van der Waals surface area contributed by atoms with Gasteiger partial charge in [-0.15, -0.1) is 0 Å². The van der Waals surface area contributed by atoms with E-state index in [4.69, 9.17) is 5.73 Å². The predicted octanol–water partition coefficient (Wildman–Crippen LogP) is 2.15. The monoisotopic (exact) mass is 272 g/mol. The summed E-state index contributed by atoms with van der Waals surface area (Å²) in [6, 6.07) is 7.62. The van der Waals surface area contributed by atoms with Crippen molar-refractivity contribution in [3.8, 4) is 0 Å². The molecule has 2 aromatic rings. The molecule has 1 aromatic carbocycles. The van der Waals surface area contributed by atoms with Gasteiger partial charge in [-0.25, -0.2) is 0 Å². The number of nitrogens with two attached hydrogens (primary N) is 1. The molecule has 20 heavy (non-hydrogen) atoms. The second kappa shape index (κ2) is 6.75. The van der Waals surface area contributed by atoms with Gasteiger partial charge in [-0.2, -0.15) is 0 Å². The molecule has 5 nitrogen and oxygen atoms in total. The summed E-state index contributed by atoms with van der Waals surface area (Å²) in [6.45, 7) is 3.32. The Morgan fingerprint density at radius 2 is 2.15 bits per heavy atom. The lowest BCUT2D eigenvalue weighted by atomic mass is 10.1. The number of hydrogen-bond donors (Lipinski definition) is 3. The molecule has 0 saturated heterocycles. The van der Waals surface area contributed by atoms with E-state index in [1.54, 1.807) is 6.20 Å². The molecule has 5 heteroatoms. The van der Waals surface area contributed by atoms with Crippen molar-refractivity contribution in [1.29, 1.82) is 0 Å². The highest BCUT2D eigenvalue weighted by atomic mass is 16.1. The molecule has 0 unspecified atom stereocenters. The Balaban J connectivity index is 1.97. The normalized spacial score (nSPS) is 10.4. The van der Waals surface area contributed by atoms with Crippen LogP contribution in [0.4, 0.5) is 11.4 Å². The van der Waals surface area contributed by atoms with Crippen LogP contribution in [0.2, 0.25) is 0 Å². The number of carbonyl (C=O) groups is 1. The Kier molecular flexibility index (Phi) is 4.76. The molecule has 0 radical (unpaired) electrons. The number of hydrogen-bond acceptors (Lipinski definition) is 4. The molecule has 0 saturated carbocycles. The van der Waals surface area contributed by atoms with Crippen molar-refractivity contribution in [2.24, 2.45) is 0 Å². The first-order valence-electron chi connectivity index (χ1n) is 6.86. The Bertz CT molecular complexity index is 597. The maximum atomic E-state index is 11.5. The second-order valence-corrected chi connectivity index (χ2v) is 4.62. The third-order valence-electron chi connectivity index (χ3n) is 3.07. The van der Waals surface area contributed by atoms with Crippen LogP contribution in [0.1, 0.15) is 19.8 Å². The van der Waals surface area contributed by atoms with Crippen LogP contribution < -0.4 is 16.4 Å². The summed E-state index contributed by atoms with van der Waals surface area (Å²) in [6.07, 6.45) is 3.13. The minimum Gasteiger partial charge on any atom is -0.397 e. The van der Waals surface area contributed by atoms with Crippen LogP contribution >= 0.6 is 0 Å². The molecule has 2 rings (SSSR count). The van der Waals surface area contributed by atoms with E-state index in [9.17, 15) is 4.79 Å². The first-order valence-corrected chi connectivity index (χ1v) is 6.86. The molecule has 0 aliphatic carbocycles. The van der Waals surface area contributed by atoms with Gasteiger partial charge < -0.3 is 16.4 Å². The molecule has 1 amide bonds. The van der Waals surface area contributed by atoms with Gasteiger partial charge in [0, 0.05) is 31.1 Å². The zero-order valence-electron chi connectivity index (χ0n) is 11.6. The van der Waals surface area contributed by atoms with E-state index in [0.29, 0.717) is 18.7 Å². The highest BCUT2D eigenvalue weighted by Gasteiger charge is 2.05. The number of aromatic nitrogens is 1. The van der Waals surface area contributed by atoms with Gasteiger partial charge in [-0.3, -0.25) is 9.78 Å². The Labute approximate surface area is 118 Å². The Morgan fingerprint density at radius 3 is 2.95 bits per heavy atom. The number of amides is 1. The Hall–Kier alpha value is -2.30. The number of nitrogen functional groups attached to an aromatic ring is 1. The SMILES string of the molecule is CCCNC(=O)CCNc1ccc2ncccc2c1N. The minimum atomic E-state index is 0.0559. The molecule has 106 valence electrons. The molecular weight excluding hydrogens is 252 g/mol. The zero-order chi connectivity index (χ0) is 14.4. The number of pyridine rings is 1. The van der Waals surface area contributed by atoms with Crippen molar-refractivity contribution in [3.05, 3.63) is 30.5 Å². The second-order valence-electron chi connectivity index (χ2n) is 4.62. The molecule has 0 spiro atoms. The van der Waals surface area contributed by atoms with Crippen molar-refractivity contribution >= 4 is 28.2 Å². The van der Waals surface area contributed by atoms with Gasteiger partial charge in [0.2, 0.25) is 5.91 Å². The molecule has 0 atom stereocenters. The van der Waals surface area contributed by atoms with E-state index < -0.39 is 0 Å². The molecular formula is C15H20N4O. The van der Waals surface area contributed by atoms with Gasteiger partial charge in [-0.05, 0) is 30.7 Å². The predicted molar refractivity (Wildman–Crippen MR) is 82.6 cm³/mol. The van der Waals surface area contributed by atoms with Crippen LogP contribution in [0.3, 0.4) is 0 Å². The van der Waals surface area contributed by atoms with Crippen molar-refractivity contribution < 1.29 is 4.79 Å². The summed E-state index contributed by atoms with van der Waals surface area (Å²) in [7, 11) is 0. The first kappa shape index (κ1) is 14.1. The largest absolute Gasteiger partial charge is 0.397 e. The number of fused-ring (bicyclic) bond motifs is 1. The Morgan fingerprint density at radius 1 is 1.30 bits per heavy atom. The third-order valence-corrected chi connectivity index (χ3v) is 3.07. The summed E-state index contributed by atoms with van der Waals surface area (Å²) in [5.41, 5.74) is 8.50. The van der Waals surface area contributed by atoms with E-state index in [1.807, 2.05) is 31.2 Å². The van der Waals surface area contributed by atoms with Gasteiger partial charge in [0.15, 0.2) is 0 Å². The van der Waals surface area contributed by atoms with Crippen LogP contribution in [0.5, 0.6) is 0 Å². The number of rotatable bonds is 6. The van der Waals surface area contributed by atoms with Crippen LogP contribution in [-0.2, 0) is 4.79 Å². The molecule has 0 bridgehead atoms. The first-order chi connectivity index (χ1) is 9.72. The van der Waals surface area contributed by atoms with E-state index >= 15 is 0 Å². The molecule has 4 N–H and O–H groups in total. The topological polar surface area (TPSA) is 80.0 Å². The van der Waals surface area contributed by atoms with Gasteiger partial charge in [0.1, 0.15) is 0 Å². The zero-order valence-corrected chi connectivity index (χ0v) is 11.6. The molecule has 1 heterocycles. The summed E-state index contributed by atoms with van der Waals surface area (Å²) in [5, 5.41) is 6.97. The van der Waals surface area contributed by atoms with E-state index in [0.717, 1.165) is 29.6 Å². The summed E-state index contributed by atoms with van der Waals surface area (Å²) in [5.74, 6) is 0.0559. The fourth-order valence-electron chi connectivity index (χ4n) is 1.99. The summed E-state index contributed by atoms with van der Waals surface area (Å²) < 4.78 is 0. The van der Waals surface area contributed by atoms with Crippen LogP contribution in [0, 0.1) is 0 Å². The lowest BCUT2D eigenvalue weighted by Gasteiger charge is -2.11. The highest BCUT2D eigenvalue weighted by Crippen LogP contribution is 2.27. The average Bonchev–Trinajstić information content (AvgIpc) is 2.48. The van der Waals surface area contributed by atoms with Crippen molar-refractivity contribution in [2.75, 3.05) is 24.1 Å². The van der Waals surface area contributed by atoms with Crippen molar-refractivity contribution in [2.45, 2.75) is 19.8 Å². The van der Waals surface area contributed by atoms with E-state index in [1.165, 1.54) is 0 Å².